The van der Waals surface area contributed by atoms with Gasteiger partial charge in [-0.2, -0.15) is 0 Å². The van der Waals surface area contributed by atoms with E-state index in [0.717, 1.165) is 36.2 Å². The van der Waals surface area contributed by atoms with Gasteiger partial charge in [-0.3, -0.25) is 4.79 Å². The van der Waals surface area contributed by atoms with E-state index in [1.807, 2.05) is 103 Å². The molecule has 196 valence electrons. The lowest BCUT2D eigenvalue weighted by molar-refractivity contribution is -0.727. The Kier molecular flexibility index (Phi) is 8.47. The molecule has 0 unspecified atom stereocenters. The fourth-order valence-electron chi connectivity index (χ4n) is 5.99. The van der Waals surface area contributed by atoms with Crippen molar-refractivity contribution in [3.63, 3.8) is 0 Å². The smallest absolute Gasteiger partial charge is 0.353 e. The van der Waals surface area contributed by atoms with Crippen molar-refractivity contribution < 1.29 is 35.9 Å². The molecule has 1 heterocycles. The number of nitrogens with zero attached hydrogens (tertiary/aromatic N) is 2. The van der Waals surface area contributed by atoms with E-state index in [4.69, 9.17) is 10.5 Å². The van der Waals surface area contributed by atoms with Crippen LogP contribution in [0.1, 0.15) is 42.3 Å². The summed E-state index contributed by atoms with van der Waals surface area (Å²) in [7, 11) is 0. The van der Waals surface area contributed by atoms with E-state index in [0.29, 0.717) is 5.75 Å². The molecular formula is C31H32BrN3O3. The van der Waals surface area contributed by atoms with Gasteiger partial charge < -0.3 is 27.5 Å². The highest BCUT2D eigenvalue weighted by Crippen LogP contribution is 2.48. The van der Waals surface area contributed by atoms with Crippen molar-refractivity contribution in [2.45, 2.75) is 44.2 Å². The van der Waals surface area contributed by atoms with Crippen LogP contribution in [0.4, 0.5) is 0 Å². The molecule has 1 aliphatic carbocycles. The number of amides is 1. The third-order valence-electron chi connectivity index (χ3n) is 7.73. The number of hydrogen-bond acceptors (Lipinski definition) is 3. The standard InChI is InChI=1S/C31H31N3O3.BrH/c1-23-33(22-29(35)37-28-15-9-4-10-16-28)19-20-34(23)27-18-17-26(21-27)31(30(32)36,24-11-5-2-6-12-24)25-13-7-3-8-14-25;/h2-16,19-20,26-27H,17-18,21-22H2,1H3,(H-,32,36);1H/t26-,27+;/m1./s1. The average Bonchev–Trinajstić information content (AvgIpc) is 3.53. The van der Waals surface area contributed by atoms with E-state index in [1.165, 1.54) is 0 Å². The monoisotopic (exact) mass is 573 g/mol. The van der Waals surface area contributed by atoms with Gasteiger partial charge in [-0.15, -0.1) is 0 Å². The Balaban J connectivity index is 0.00000336. The van der Waals surface area contributed by atoms with E-state index < -0.39 is 5.41 Å². The number of ether oxygens (including phenoxy) is 1. The number of rotatable bonds is 8. The molecule has 2 atom stereocenters. The minimum absolute atomic E-state index is 0. The second kappa shape index (κ2) is 11.8. The lowest BCUT2D eigenvalue weighted by atomic mass is 9.64. The van der Waals surface area contributed by atoms with E-state index in [1.54, 1.807) is 12.1 Å². The molecule has 0 radical (unpaired) electrons. The number of carbonyl (C=O) groups is 2. The molecule has 5 rings (SSSR count). The number of aromatic nitrogens is 2. The van der Waals surface area contributed by atoms with Gasteiger partial charge >= 0.3 is 5.97 Å². The predicted molar refractivity (Wildman–Crippen MR) is 141 cm³/mol. The second-order valence-electron chi connectivity index (χ2n) is 9.74. The lowest BCUT2D eigenvalue weighted by Gasteiger charge is -2.37. The van der Waals surface area contributed by atoms with E-state index in [9.17, 15) is 9.59 Å². The van der Waals surface area contributed by atoms with Crippen molar-refractivity contribution in [1.29, 1.82) is 0 Å². The second-order valence-corrected chi connectivity index (χ2v) is 9.74. The third-order valence-corrected chi connectivity index (χ3v) is 7.73. The molecule has 4 aromatic rings. The molecule has 7 heteroatoms. The zero-order valence-corrected chi connectivity index (χ0v) is 23.0. The molecule has 1 amide bonds. The molecule has 1 aromatic heterocycles. The largest absolute Gasteiger partial charge is 1.00 e. The lowest BCUT2D eigenvalue weighted by Crippen LogP contribution is -3.00. The van der Waals surface area contributed by atoms with Gasteiger partial charge in [0.2, 0.25) is 5.91 Å². The number of imidazole rings is 1. The summed E-state index contributed by atoms with van der Waals surface area (Å²) in [6, 6.07) is 29.1. The summed E-state index contributed by atoms with van der Waals surface area (Å²) >= 11 is 0. The van der Waals surface area contributed by atoms with Crippen molar-refractivity contribution in [1.82, 2.24) is 4.57 Å². The number of benzene rings is 3. The highest BCUT2D eigenvalue weighted by Gasteiger charge is 2.51. The summed E-state index contributed by atoms with van der Waals surface area (Å²) < 4.78 is 9.60. The molecule has 0 aliphatic heterocycles. The van der Waals surface area contributed by atoms with Crippen LogP contribution in [0.5, 0.6) is 5.75 Å². The highest BCUT2D eigenvalue weighted by molar-refractivity contribution is 5.91. The molecule has 1 saturated carbocycles. The molecule has 0 spiro atoms. The topological polar surface area (TPSA) is 78.2 Å². The minimum atomic E-state index is -0.909. The number of carbonyl (C=O) groups excluding carboxylic acids is 2. The SMILES string of the molecule is Cc1n(CC(=O)Oc2ccccc2)cc[n+]1[C@H]1CC[C@@H](C(C(N)=O)(c2ccccc2)c2ccccc2)C1.[Br-]. The van der Waals surface area contributed by atoms with Crippen molar-refractivity contribution in [3.8, 4) is 5.75 Å². The molecule has 38 heavy (non-hydrogen) atoms. The average molecular weight is 575 g/mol. The molecule has 6 nitrogen and oxygen atoms in total. The molecule has 0 bridgehead atoms. The maximum Gasteiger partial charge on any atom is 0.353 e. The van der Waals surface area contributed by atoms with Crippen molar-refractivity contribution >= 4 is 11.9 Å². The molecular weight excluding hydrogens is 542 g/mol. The van der Waals surface area contributed by atoms with E-state index in [-0.39, 0.29) is 47.4 Å². The third kappa shape index (κ3) is 5.16. The first kappa shape index (κ1) is 27.3. The molecule has 1 fully saturated rings. The summed E-state index contributed by atoms with van der Waals surface area (Å²) in [5, 5.41) is 0. The Morgan fingerprint density at radius 3 is 2.03 bits per heavy atom. The predicted octanol–water partition coefficient (Wildman–Crippen LogP) is 1.51. The van der Waals surface area contributed by atoms with Crippen LogP contribution in [0.25, 0.3) is 0 Å². The van der Waals surface area contributed by atoms with Crippen LogP contribution in [0.2, 0.25) is 0 Å². The Morgan fingerprint density at radius 2 is 1.47 bits per heavy atom. The van der Waals surface area contributed by atoms with Crippen LogP contribution in [0.15, 0.2) is 103 Å². The zero-order chi connectivity index (χ0) is 25.8. The highest BCUT2D eigenvalue weighted by atomic mass is 79.9. The van der Waals surface area contributed by atoms with Crippen LogP contribution in [-0.4, -0.2) is 16.4 Å². The van der Waals surface area contributed by atoms with Gasteiger partial charge in [0.15, 0.2) is 6.54 Å². The summed E-state index contributed by atoms with van der Waals surface area (Å²) in [6.45, 7) is 2.14. The van der Waals surface area contributed by atoms with Crippen molar-refractivity contribution in [2.75, 3.05) is 0 Å². The first-order valence-electron chi connectivity index (χ1n) is 12.7. The summed E-state index contributed by atoms with van der Waals surface area (Å²) in [5.74, 6) is 0.909. The van der Waals surface area contributed by atoms with Gasteiger partial charge in [0, 0.05) is 6.92 Å². The minimum Gasteiger partial charge on any atom is -1.00 e. The van der Waals surface area contributed by atoms with Gasteiger partial charge in [0.1, 0.15) is 29.6 Å². The number of primary amides is 1. The fourth-order valence-corrected chi connectivity index (χ4v) is 5.99. The van der Waals surface area contributed by atoms with Gasteiger partial charge in [-0.25, -0.2) is 13.9 Å². The summed E-state index contributed by atoms with van der Waals surface area (Å²) in [4.78, 5) is 25.9. The van der Waals surface area contributed by atoms with Gasteiger partial charge in [-0.1, -0.05) is 78.9 Å². The number of hydrogen-bond donors (Lipinski definition) is 1. The van der Waals surface area contributed by atoms with Crippen molar-refractivity contribution in [3.05, 3.63) is 120 Å². The van der Waals surface area contributed by atoms with Crippen molar-refractivity contribution in [2.24, 2.45) is 11.7 Å². The van der Waals surface area contributed by atoms with Crippen LogP contribution in [-0.2, 0) is 21.5 Å². The zero-order valence-electron chi connectivity index (χ0n) is 21.4. The Bertz CT molecular complexity index is 1330. The van der Waals surface area contributed by atoms with Crippen LogP contribution < -0.4 is 32.0 Å². The summed E-state index contributed by atoms with van der Waals surface area (Å²) in [5.41, 5.74) is 7.21. The molecule has 2 N–H and O–H groups in total. The number of nitrogens with two attached hydrogens (primary N) is 1. The normalized spacial score (nSPS) is 17.0. The number of esters is 1. The van der Waals surface area contributed by atoms with E-state index in [2.05, 4.69) is 4.57 Å². The Hall–Kier alpha value is -3.71. The van der Waals surface area contributed by atoms with E-state index >= 15 is 0 Å². The summed E-state index contributed by atoms with van der Waals surface area (Å²) in [6.07, 6.45) is 6.53. The van der Waals surface area contributed by atoms with Gasteiger partial charge in [0.25, 0.3) is 5.82 Å². The maximum absolute atomic E-state index is 13.4. The van der Waals surface area contributed by atoms with Gasteiger partial charge in [0.05, 0.1) is 0 Å². The molecule has 3 aromatic carbocycles. The first-order valence-corrected chi connectivity index (χ1v) is 12.7. The quantitative estimate of drug-likeness (QED) is 0.197. The van der Waals surface area contributed by atoms with Crippen LogP contribution >= 0.6 is 0 Å². The van der Waals surface area contributed by atoms with Gasteiger partial charge in [-0.05, 0) is 48.4 Å². The maximum atomic E-state index is 13.4. The fraction of sp³-hybridized carbons (Fsp3) is 0.258. The Morgan fingerprint density at radius 1 is 0.921 bits per heavy atom. The van der Waals surface area contributed by atoms with Crippen LogP contribution in [0.3, 0.4) is 0 Å². The molecule has 0 saturated heterocycles. The Labute approximate surface area is 233 Å². The molecule has 1 aliphatic rings. The number of para-hydroxylation sites is 1. The number of halogens is 1. The first-order chi connectivity index (χ1) is 18.0. The van der Waals surface area contributed by atoms with Crippen LogP contribution in [0, 0.1) is 12.8 Å².